The molecule has 2 heterocycles. The van der Waals surface area contributed by atoms with Gasteiger partial charge in [0.25, 0.3) is 0 Å². The number of thiophene rings is 1. The summed E-state index contributed by atoms with van der Waals surface area (Å²) in [6.07, 6.45) is 3.76. The fraction of sp³-hybridized carbons (Fsp3) is 0.421. The molecule has 0 aliphatic carbocycles. The predicted molar refractivity (Wildman–Crippen MR) is 103 cm³/mol. The molecule has 0 bridgehead atoms. The Morgan fingerprint density at radius 1 is 1.08 bits per heavy atom. The molecule has 0 radical (unpaired) electrons. The highest BCUT2D eigenvalue weighted by atomic mass is 35.5. The normalized spacial score (nSPS) is 15.8. The molecule has 3 rings (SSSR count). The minimum absolute atomic E-state index is 0. The molecule has 1 aliphatic heterocycles. The second kappa shape index (κ2) is 10.4. The van der Waals surface area contributed by atoms with Crippen LogP contribution in [0, 0.1) is 0 Å². The van der Waals surface area contributed by atoms with Gasteiger partial charge in [-0.3, -0.25) is 0 Å². The summed E-state index contributed by atoms with van der Waals surface area (Å²) in [6.45, 7) is 3.23. The number of halogens is 1. The van der Waals surface area contributed by atoms with Crippen LogP contribution in [0.4, 0.5) is 4.79 Å². The smallest absolute Gasteiger partial charge is 0.425 e. The monoisotopic (exact) mass is 381 g/mol. The van der Waals surface area contributed by atoms with E-state index >= 15 is 0 Å². The summed E-state index contributed by atoms with van der Waals surface area (Å²) in [5.74, 6) is 0.503. The molecule has 1 atom stereocenters. The Hall–Kier alpha value is -1.56. The summed E-state index contributed by atoms with van der Waals surface area (Å²) in [4.78, 5) is 15.6. The number of likely N-dealkylation sites (tertiary alicyclic amines) is 1. The number of carbonyl (C=O) groups excluding carboxylic acids is 1. The molecule has 136 valence electrons. The molecule has 0 N–H and O–H groups in total. The number of para-hydroxylation sites is 1. The first kappa shape index (κ1) is 19.8. The lowest BCUT2D eigenvalue weighted by Crippen LogP contribution is -2.31. The largest absolute Gasteiger partial charge is 0.514 e. The van der Waals surface area contributed by atoms with Gasteiger partial charge in [0.15, 0.2) is 0 Å². The number of carbonyl (C=O) groups is 1. The Morgan fingerprint density at radius 3 is 2.52 bits per heavy atom. The first-order valence-electron chi connectivity index (χ1n) is 8.50. The van der Waals surface area contributed by atoms with E-state index in [0.29, 0.717) is 5.75 Å². The maximum absolute atomic E-state index is 12.1. The molecule has 6 heteroatoms. The van der Waals surface area contributed by atoms with Gasteiger partial charge in [-0.05, 0) is 49.5 Å². The summed E-state index contributed by atoms with van der Waals surface area (Å²) in [5.41, 5.74) is 0. The number of hydrogen-bond acceptors (Lipinski definition) is 5. The maximum atomic E-state index is 12.1. The van der Waals surface area contributed by atoms with Crippen molar-refractivity contribution in [3.63, 3.8) is 0 Å². The van der Waals surface area contributed by atoms with Gasteiger partial charge < -0.3 is 14.4 Å². The number of ether oxygens (including phenoxy) is 2. The molecule has 1 unspecified atom stereocenters. The van der Waals surface area contributed by atoms with Crippen molar-refractivity contribution < 1.29 is 14.3 Å². The summed E-state index contributed by atoms with van der Waals surface area (Å²) < 4.78 is 10.9. The molecule has 1 saturated heterocycles. The van der Waals surface area contributed by atoms with Crippen molar-refractivity contribution in [2.45, 2.75) is 31.8 Å². The van der Waals surface area contributed by atoms with Crippen LogP contribution in [-0.4, -0.2) is 30.7 Å². The van der Waals surface area contributed by atoms with Crippen LogP contribution >= 0.6 is 23.7 Å². The van der Waals surface area contributed by atoms with Crippen molar-refractivity contribution in [1.82, 2.24) is 4.90 Å². The Labute approximate surface area is 159 Å². The van der Waals surface area contributed by atoms with Gasteiger partial charge in [0.05, 0.1) is 0 Å². The first-order valence-corrected chi connectivity index (χ1v) is 9.38. The fourth-order valence-electron chi connectivity index (χ4n) is 2.94. The molecule has 4 nitrogen and oxygen atoms in total. The van der Waals surface area contributed by atoms with Gasteiger partial charge in [-0.1, -0.05) is 30.7 Å². The highest BCUT2D eigenvalue weighted by Gasteiger charge is 2.21. The lowest BCUT2D eigenvalue weighted by molar-refractivity contribution is 0.0491. The third-order valence-corrected chi connectivity index (χ3v) is 5.16. The van der Waals surface area contributed by atoms with Crippen LogP contribution in [0.25, 0.3) is 0 Å². The van der Waals surface area contributed by atoms with Crippen LogP contribution < -0.4 is 4.74 Å². The Morgan fingerprint density at radius 2 is 1.84 bits per heavy atom. The highest BCUT2D eigenvalue weighted by Crippen LogP contribution is 2.27. The number of piperidine rings is 1. The van der Waals surface area contributed by atoms with Crippen LogP contribution in [0.2, 0.25) is 0 Å². The summed E-state index contributed by atoms with van der Waals surface area (Å²) >= 11 is 1.61. The van der Waals surface area contributed by atoms with E-state index in [2.05, 4.69) is 4.90 Å². The molecule has 1 fully saturated rings. The van der Waals surface area contributed by atoms with Gasteiger partial charge in [-0.2, -0.15) is 0 Å². The highest BCUT2D eigenvalue weighted by molar-refractivity contribution is 7.10. The zero-order valence-corrected chi connectivity index (χ0v) is 15.8. The molecular weight excluding hydrogens is 358 g/mol. The van der Waals surface area contributed by atoms with Gasteiger partial charge in [0.1, 0.15) is 11.9 Å². The number of rotatable bonds is 6. The molecule has 25 heavy (non-hydrogen) atoms. The lowest BCUT2D eigenvalue weighted by atomic mass is 10.1. The zero-order chi connectivity index (χ0) is 16.6. The minimum Gasteiger partial charge on any atom is -0.425 e. The summed E-state index contributed by atoms with van der Waals surface area (Å²) in [5, 5.41) is 2.01. The van der Waals surface area contributed by atoms with E-state index in [1.165, 1.54) is 19.3 Å². The number of nitrogens with zero attached hydrogens (tertiary/aromatic N) is 1. The topological polar surface area (TPSA) is 38.8 Å². The van der Waals surface area contributed by atoms with E-state index in [9.17, 15) is 4.79 Å². The molecule has 2 aromatic rings. The van der Waals surface area contributed by atoms with Crippen LogP contribution in [0.1, 0.15) is 36.7 Å². The third kappa shape index (κ3) is 6.34. The molecule has 0 saturated carbocycles. The van der Waals surface area contributed by atoms with Gasteiger partial charge in [0.2, 0.25) is 0 Å². The molecule has 0 amide bonds. The van der Waals surface area contributed by atoms with E-state index in [4.69, 9.17) is 9.47 Å². The lowest BCUT2D eigenvalue weighted by Gasteiger charge is -2.27. The molecular formula is C19H24ClNO3S. The Balaban J connectivity index is 0.00000225. The minimum atomic E-state index is -0.641. The third-order valence-electron chi connectivity index (χ3n) is 4.20. The van der Waals surface area contributed by atoms with E-state index in [1.807, 2.05) is 35.7 Å². The first-order chi connectivity index (χ1) is 11.8. The van der Waals surface area contributed by atoms with E-state index in [0.717, 1.165) is 30.9 Å². The second-order valence-electron chi connectivity index (χ2n) is 5.98. The number of hydrogen-bond donors (Lipinski definition) is 0. The van der Waals surface area contributed by atoms with Gasteiger partial charge in [-0.25, -0.2) is 4.79 Å². The van der Waals surface area contributed by atoms with Crippen LogP contribution in [0.3, 0.4) is 0 Å². The summed E-state index contributed by atoms with van der Waals surface area (Å²) in [7, 11) is 0. The quantitative estimate of drug-likeness (QED) is 0.502. The molecule has 1 aromatic heterocycles. The van der Waals surface area contributed by atoms with Crippen molar-refractivity contribution in [3.05, 3.63) is 52.7 Å². The second-order valence-corrected chi connectivity index (χ2v) is 6.96. The number of benzene rings is 1. The SMILES string of the molecule is Cl.O=C(Oc1ccccc1)OC(CCN1CCCCC1)c1cccs1. The van der Waals surface area contributed by atoms with Crippen molar-refractivity contribution in [2.24, 2.45) is 0 Å². The zero-order valence-electron chi connectivity index (χ0n) is 14.1. The Kier molecular flexibility index (Phi) is 8.25. The molecule has 0 spiro atoms. The van der Waals surface area contributed by atoms with Crippen molar-refractivity contribution in [3.8, 4) is 5.75 Å². The van der Waals surface area contributed by atoms with Gasteiger partial charge in [0, 0.05) is 17.8 Å². The van der Waals surface area contributed by atoms with Crippen molar-refractivity contribution in [1.29, 1.82) is 0 Å². The Bertz CT molecular complexity index is 615. The summed E-state index contributed by atoms with van der Waals surface area (Å²) in [6, 6.07) is 13.0. The standard InChI is InChI=1S/C19H23NO3S.ClH/c21-19(22-16-8-3-1-4-9-16)23-17(18-10-7-15-24-18)11-14-20-12-5-2-6-13-20;/h1,3-4,7-10,15,17H,2,5-6,11-14H2;1H. The van der Waals surface area contributed by atoms with E-state index in [-0.39, 0.29) is 18.5 Å². The van der Waals surface area contributed by atoms with Crippen molar-refractivity contribution in [2.75, 3.05) is 19.6 Å². The molecule has 1 aromatic carbocycles. The average molecular weight is 382 g/mol. The van der Waals surface area contributed by atoms with Gasteiger partial charge in [-0.15, -0.1) is 23.7 Å². The predicted octanol–water partition coefficient (Wildman–Crippen LogP) is 5.30. The fourth-order valence-corrected chi connectivity index (χ4v) is 3.73. The van der Waals surface area contributed by atoms with Crippen LogP contribution in [-0.2, 0) is 4.74 Å². The van der Waals surface area contributed by atoms with Crippen LogP contribution in [0.5, 0.6) is 5.75 Å². The average Bonchev–Trinajstić information content (AvgIpc) is 3.15. The van der Waals surface area contributed by atoms with Gasteiger partial charge >= 0.3 is 6.16 Å². The van der Waals surface area contributed by atoms with E-state index < -0.39 is 6.16 Å². The van der Waals surface area contributed by atoms with Crippen molar-refractivity contribution >= 4 is 29.9 Å². The maximum Gasteiger partial charge on any atom is 0.514 e. The van der Waals surface area contributed by atoms with E-state index in [1.54, 1.807) is 23.5 Å². The molecule has 1 aliphatic rings. The van der Waals surface area contributed by atoms with Crippen LogP contribution in [0.15, 0.2) is 47.8 Å².